The monoisotopic (exact) mass is 302 g/mol. The topological polar surface area (TPSA) is 66.8 Å². The van der Waals surface area contributed by atoms with Crippen molar-refractivity contribution >= 4 is 5.97 Å². The largest absolute Gasteiger partial charge is 0.469 e. The zero-order valence-corrected chi connectivity index (χ0v) is 13.9. The highest BCUT2D eigenvalue weighted by Gasteiger charge is 2.16. The average molecular weight is 302 g/mol. The van der Waals surface area contributed by atoms with Gasteiger partial charge in [-0.05, 0) is 19.3 Å². The fraction of sp³-hybridized carbons (Fsp3) is 0.941. The van der Waals surface area contributed by atoms with Crippen molar-refractivity contribution in [3.8, 4) is 0 Å². The molecule has 0 saturated carbocycles. The molecular formula is C17H34O4. The van der Waals surface area contributed by atoms with Crippen LogP contribution in [0.1, 0.15) is 84.0 Å². The highest BCUT2D eigenvalue weighted by Crippen LogP contribution is 2.14. The zero-order chi connectivity index (χ0) is 15.9. The van der Waals surface area contributed by atoms with E-state index in [1.54, 1.807) is 0 Å². The molecule has 0 fully saturated rings. The number of ether oxygens (including phenoxy) is 1. The Labute approximate surface area is 129 Å². The second-order valence-corrected chi connectivity index (χ2v) is 5.87. The maximum Gasteiger partial charge on any atom is 0.305 e. The van der Waals surface area contributed by atoms with Crippen LogP contribution in [0.3, 0.4) is 0 Å². The summed E-state index contributed by atoms with van der Waals surface area (Å²) in [5, 5.41) is 19.6. The molecule has 0 bridgehead atoms. The van der Waals surface area contributed by atoms with Crippen LogP contribution < -0.4 is 0 Å². The fourth-order valence-corrected chi connectivity index (χ4v) is 2.43. The summed E-state index contributed by atoms with van der Waals surface area (Å²) in [5.74, 6) is -0.264. The van der Waals surface area contributed by atoms with Gasteiger partial charge in [0.15, 0.2) is 0 Å². The number of esters is 1. The zero-order valence-electron chi connectivity index (χ0n) is 13.9. The molecule has 0 unspecified atom stereocenters. The van der Waals surface area contributed by atoms with E-state index in [4.69, 9.17) is 0 Å². The first kappa shape index (κ1) is 20.4. The van der Waals surface area contributed by atoms with Gasteiger partial charge < -0.3 is 14.9 Å². The summed E-state index contributed by atoms with van der Waals surface area (Å²) in [6, 6.07) is 0. The SMILES string of the molecule is CCCCCCCCCC[C@H](O)[C@@H](O)CCCC(=O)OC. The molecule has 0 rings (SSSR count). The number of aliphatic hydroxyl groups excluding tert-OH is 2. The number of hydrogen-bond donors (Lipinski definition) is 2. The Balaban J connectivity index is 3.42. The molecule has 0 aliphatic rings. The summed E-state index contributed by atoms with van der Waals surface area (Å²) in [7, 11) is 1.36. The molecule has 0 spiro atoms. The number of carbonyl (C=O) groups excluding carboxylic acids is 1. The van der Waals surface area contributed by atoms with E-state index in [-0.39, 0.29) is 5.97 Å². The van der Waals surface area contributed by atoms with Gasteiger partial charge in [-0.15, -0.1) is 0 Å². The van der Waals surface area contributed by atoms with Crippen LogP contribution in [0.25, 0.3) is 0 Å². The van der Waals surface area contributed by atoms with E-state index >= 15 is 0 Å². The lowest BCUT2D eigenvalue weighted by molar-refractivity contribution is -0.140. The van der Waals surface area contributed by atoms with Crippen molar-refractivity contribution in [3.63, 3.8) is 0 Å². The molecule has 0 aliphatic carbocycles. The summed E-state index contributed by atoms with van der Waals surface area (Å²) in [4.78, 5) is 10.9. The minimum atomic E-state index is -0.723. The van der Waals surface area contributed by atoms with Crippen molar-refractivity contribution < 1.29 is 19.7 Å². The molecule has 2 N–H and O–H groups in total. The Morgan fingerprint density at radius 1 is 0.857 bits per heavy atom. The average Bonchev–Trinajstić information content (AvgIpc) is 2.49. The fourth-order valence-electron chi connectivity index (χ4n) is 2.43. The van der Waals surface area contributed by atoms with E-state index < -0.39 is 12.2 Å². The van der Waals surface area contributed by atoms with Gasteiger partial charge in [-0.25, -0.2) is 0 Å². The Hall–Kier alpha value is -0.610. The summed E-state index contributed by atoms with van der Waals surface area (Å²) >= 11 is 0. The molecule has 0 amide bonds. The van der Waals surface area contributed by atoms with Gasteiger partial charge >= 0.3 is 5.97 Å². The molecule has 0 aromatic heterocycles. The lowest BCUT2D eigenvalue weighted by Gasteiger charge is -2.17. The first-order valence-electron chi connectivity index (χ1n) is 8.54. The summed E-state index contributed by atoms with van der Waals surface area (Å²) in [5.41, 5.74) is 0. The summed E-state index contributed by atoms with van der Waals surface area (Å²) in [6.45, 7) is 2.22. The van der Waals surface area contributed by atoms with Crippen molar-refractivity contribution in [2.75, 3.05) is 7.11 Å². The standard InChI is InChI=1S/C17H34O4/c1-3-4-5-6-7-8-9-10-12-15(18)16(19)13-11-14-17(20)21-2/h15-16,18-19H,3-14H2,1-2H3/t15-,16-/m0/s1. The second kappa shape index (κ2) is 14.3. The second-order valence-electron chi connectivity index (χ2n) is 5.87. The smallest absolute Gasteiger partial charge is 0.305 e. The molecule has 4 nitrogen and oxygen atoms in total. The van der Waals surface area contributed by atoms with Gasteiger partial charge in [-0.3, -0.25) is 4.79 Å². The van der Waals surface area contributed by atoms with Gasteiger partial charge in [0.1, 0.15) is 0 Å². The molecule has 2 atom stereocenters. The van der Waals surface area contributed by atoms with Crippen LogP contribution in [0.5, 0.6) is 0 Å². The molecule has 126 valence electrons. The van der Waals surface area contributed by atoms with Crippen LogP contribution in [0.15, 0.2) is 0 Å². The maximum absolute atomic E-state index is 10.9. The lowest BCUT2D eigenvalue weighted by atomic mass is 10.0. The van der Waals surface area contributed by atoms with Crippen molar-refractivity contribution in [1.29, 1.82) is 0 Å². The van der Waals surface area contributed by atoms with E-state index in [1.165, 1.54) is 45.6 Å². The van der Waals surface area contributed by atoms with Gasteiger partial charge in [-0.2, -0.15) is 0 Å². The number of rotatable bonds is 14. The van der Waals surface area contributed by atoms with Gasteiger partial charge in [0.2, 0.25) is 0 Å². The van der Waals surface area contributed by atoms with Crippen LogP contribution in [-0.4, -0.2) is 35.5 Å². The predicted octanol–water partition coefficient (Wildman–Crippen LogP) is 3.58. The van der Waals surface area contributed by atoms with E-state index in [9.17, 15) is 15.0 Å². The molecular weight excluding hydrogens is 268 g/mol. The number of hydrogen-bond acceptors (Lipinski definition) is 4. The molecule has 0 aliphatic heterocycles. The first-order valence-corrected chi connectivity index (χ1v) is 8.54. The number of aliphatic hydroxyl groups is 2. The normalized spacial score (nSPS) is 13.9. The third-order valence-corrected chi connectivity index (χ3v) is 3.91. The number of carbonyl (C=O) groups is 1. The maximum atomic E-state index is 10.9. The van der Waals surface area contributed by atoms with Gasteiger partial charge in [0.05, 0.1) is 19.3 Å². The molecule has 0 saturated heterocycles. The number of methoxy groups -OCH3 is 1. The summed E-state index contributed by atoms with van der Waals surface area (Å²) in [6.07, 6.45) is 10.4. The molecule has 0 radical (unpaired) electrons. The highest BCUT2D eigenvalue weighted by molar-refractivity contribution is 5.68. The van der Waals surface area contributed by atoms with E-state index in [0.29, 0.717) is 25.7 Å². The van der Waals surface area contributed by atoms with Crippen LogP contribution in [-0.2, 0) is 9.53 Å². The minimum Gasteiger partial charge on any atom is -0.469 e. The Morgan fingerprint density at radius 3 is 1.86 bits per heavy atom. The third kappa shape index (κ3) is 12.8. The Kier molecular flexibility index (Phi) is 13.9. The van der Waals surface area contributed by atoms with E-state index in [1.807, 2.05) is 0 Å². The van der Waals surface area contributed by atoms with Crippen molar-refractivity contribution in [2.45, 2.75) is 96.2 Å². The van der Waals surface area contributed by atoms with Crippen molar-refractivity contribution in [3.05, 3.63) is 0 Å². The van der Waals surface area contributed by atoms with Crippen LogP contribution in [0.2, 0.25) is 0 Å². The number of unbranched alkanes of at least 4 members (excludes halogenated alkanes) is 7. The van der Waals surface area contributed by atoms with Gasteiger partial charge in [0.25, 0.3) is 0 Å². The lowest BCUT2D eigenvalue weighted by Crippen LogP contribution is -2.25. The Morgan fingerprint density at radius 2 is 1.33 bits per heavy atom. The molecule has 21 heavy (non-hydrogen) atoms. The van der Waals surface area contributed by atoms with Crippen molar-refractivity contribution in [2.24, 2.45) is 0 Å². The van der Waals surface area contributed by atoms with Gasteiger partial charge in [-0.1, -0.05) is 58.3 Å². The third-order valence-electron chi connectivity index (χ3n) is 3.91. The first-order chi connectivity index (χ1) is 10.1. The molecule has 0 aromatic carbocycles. The molecule has 4 heteroatoms. The van der Waals surface area contributed by atoms with E-state index in [0.717, 1.165) is 12.8 Å². The van der Waals surface area contributed by atoms with Crippen LogP contribution in [0.4, 0.5) is 0 Å². The van der Waals surface area contributed by atoms with E-state index in [2.05, 4.69) is 11.7 Å². The van der Waals surface area contributed by atoms with Crippen molar-refractivity contribution in [1.82, 2.24) is 0 Å². The molecule has 0 heterocycles. The van der Waals surface area contributed by atoms with Crippen LogP contribution in [0, 0.1) is 0 Å². The van der Waals surface area contributed by atoms with Crippen LogP contribution >= 0.6 is 0 Å². The van der Waals surface area contributed by atoms with Gasteiger partial charge in [0, 0.05) is 6.42 Å². The highest BCUT2D eigenvalue weighted by atomic mass is 16.5. The molecule has 0 aromatic rings. The summed E-state index contributed by atoms with van der Waals surface area (Å²) < 4.78 is 4.54. The Bertz CT molecular complexity index is 243. The predicted molar refractivity (Wildman–Crippen MR) is 85.1 cm³/mol. The quantitative estimate of drug-likeness (QED) is 0.380. The minimum absolute atomic E-state index is 0.264.